The molecule has 3 rings (SSSR count). The SMILES string of the molecule is O[C@H](/C=C/[C@H]1[C@H](O)CC2O[C@@H](O)C[C@@H]21)COc1cccc(C(F)(F)F)c1. The van der Waals surface area contributed by atoms with Crippen molar-refractivity contribution in [1.29, 1.82) is 0 Å². The molecule has 1 aliphatic carbocycles. The molecule has 8 heteroatoms. The molecular formula is C18H21F3O5. The van der Waals surface area contributed by atoms with Crippen LogP contribution >= 0.6 is 0 Å². The van der Waals surface area contributed by atoms with E-state index in [0.29, 0.717) is 12.8 Å². The molecule has 6 atom stereocenters. The Hall–Kier alpha value is -1.61. The third-order valence-corrected chi connectivity index (χ3v) is 4.83. The lowest BCUT2D eigenvalue weighted by molar-refractivity contribution is -0.137. The molecule has 26 heavy (non-hydrogen) atoms. The Morgan fingerprint density at radius 2 is 2.04 bits per heavy atom. The van der Waals surface area contributed by atoms with Gasteiger partial charge in [0.05, 0.1) is 17.8 Å². The minimum Gasteiger partial charge on any atom is -0.491 e. The summed E-state index contributed by atoms with van der Waals surface area (Å²) >= 11 is 0. The average molecular weight is 374 g/mol. The Kier molecular flexibility index (Phi) is 5.57. The quantitative estimate of drug-likeness (QED) is 0.688. The summed E-state index contributed by atoms with van der Waals surface area (Å²) in [5.74, 6) is -0.256. The lowest BCUT2D eigenvalue weighted by Crippen LogP contribution is -2.20. The van der Waals surface area contributed by atoms with Gasteiger partial charge >= 0.3 is 6.18 Å². The minimum absolute atomic E-state index is 0.0144. The lowest BCUT2D eigenvalue weighted by Gasteiger charge is -2.17. The predicted octanol–water partition coefficient (Wildman–Crippen LogP) is 2.11. The maximum absolute atomic E-state index is 12.7. The number of fused-ring (bicyclic) bond motifs is 1. The van der Waals surface area contributed by atoms with Crippen molar-refractivity contribution < 1.29 is 38.0 Å². The van der Waals surface area contributed by atoms with E-state index >= 15 is 0 Å². The maximum Gasteiger partial charge on any atom is 0.416 e. The van der Waals surface area contributed by atoms with Crippen LogP contribution in [0.15, 0.2) is 36.4 Å². The summed E-state index contributed by atoms with van der Waals surface area (Å²) in [4.78, 5) is 0. The average Bonchev–Trinajstić information content (AvgIpc) is 3.05. The summed E-state index contributed by atoms with van der Waals surface area (Å²) in [7, 11) is 0. The molecule has 0 amide bonds. The van der Waals surface area contributed by atoms with Gasteiger partial charge in [0, 0.05) is 18.8 Å². The van der Waals surface area contributed by atoms with Gasteiger partial charge < -0.3 is 24.8 Å². The molecule has 5 nitrogen and oxygen atoms in total. The number of halogens is 3. The Morgan fingerprint density at radius 3 is 2.77 bits per heavy atom. The number of ether oxygens (including phenoxy) is 2. The molecule has 1 aromatic carbocycles. The zero-order chi connectivity index (χ0) is 18.9. The number of benzene rings is 1. The molecule has 1 unspecified atom stereocenters. The topological polar surface area (TPSA) is 79.2 Å². The molecule has 1 aliphatic heterocycles. The summed E-state index contributed by atoms with van der Waals surface area (Å²) in [5.41, 5.74) is -0.819. The maximum atomic E-state index is 12.7. The van der Waals surface area contributed by atoms with Gasteiger partial charge in [-0.05, 0) is 24.1 Å². The van der Waals surface area contributed by atoms with Gasteiger partial charge in [-0.3, -0.25) is 0 Å². The van der Waals surface area contributed by atoms with Crippen LogP contribution in [0.4, 0.5) is 13.2 Å². The van der Waals surface area contributed by atoms with Crippen molar-refractivity contribution in [2.75, 3.05) is 6.61 Å². The summed E-state index contributed by atoms with van der Waals surface area (Å²) < 4.78 is 48.5. The summed E-state index contributed by atoms with van der Waals surface area (Å²) in [5, 5.41) is 29.6. The first-order valence-corrected chi connectivity index (χ1v) is 8.42. The number of hydrogen-bond donors (Lipinski definition) is 3. The molecule has 2 fully saturated rings. The molecule has 144 valence electrons. The lowest BCUT2D eigenvalue weighted by atomic mass is 9.91. The van der Waals surface area contributed by atoms with E-state index in [4.69, 9.17) is 9.47 Å². The molecule has 1 aromatic rings. The van der Waals surface area contributed by atoms with Gasteiger partial charge in [-0.1, -0.05) is 18.2 Å². The van der Waals surface area contributed by atoms with E-state index < -0.39 is 30.2 Å². The predicted molar refractivity (Wildman–Crippen MR) is 85.2 cm³/mol. The Bertz CT molecular complexity index is 648. The standard InChI is InChI=1S/C18H21F3O5/c19-18(20,21)10-2-1-3-12(6-10)25-9-11(22)4-5-13-14-7-17(24)26-16(14)8-15(13)23/h1-6,11,13-17,22-24H,7-9H2/b5-4+/t11-,13-,14-,15-,16?,17-/m1/s1. The fourth-order valence-corrected chi connectivity index (χ4v) is 3.59. The molecule has 1 heterocycles. The smallest absolute Gasteiger partial charge is 0.416 e. The van der Waals surface area contributed by atoms with Crippen LogP contribution in [-0.2, 0) is 10.9 Å². The molecular weight excluding hydrogens is 353 g/mol. The highest BCUT2D eigenvalue weighted by molar-refractivity contribution is 5.30. The Balaban J connectivity index is 1.54. The van der Waals surface area contributed by atoms with Crippen molar-refractivity contribution in [3.05, 3.63) is 42.0 Å². The van der Waals surface area contributed by atoms with Crippen LogP contribution in [0.1, 0.15) is 18.4 Å². The second kappa shape index (κ2) is 7.56. The van der Waals surface area contributed by atoms with Crippen molar-refractivity contribution in [3.8, 4) is 5.75 Å². The summed E-state index contributed by atoms with van der Waals surface area (Å²) in [6, 6.07) is 4.44. The summed E-state index contributed by atoms with van der Waals surface area (Å²) in [6.07, 6.45) is -3.18. The van der Waals surface area contributed by atoms with Crippen molar-refractivity contribution in [1.82, 2.24) is 0 Å². The van der Waals surface area contributed by atoms with Gasteiger partial charge in [-0.15, -0.1) is 0 Å². The second-order valence-electron chi connectivity index (χ2n) is 6.70. The first-order chi connectivity index (χ1) is 12.2. The van der Waals surface area contributed by atoms with Crippen LogP contribution < -0.4 is 4.74 Å². The van der Waals surface area contributed by atoms with E-state index in [2.05, 4.69) is 0 Å². The highest BCUT2D eigenvalue weighted by Gasteiger charge is 2.47. The van der Waals surface area contributed by atoms with Crippen LogP contribution in [0.5, 0.6) is 5.75 Å². The molecule has 1 saturated carbocycles. The van der Waals surface area contributed by atoms with Crippen LogP contribution in [0.3, 0.4) is 0 Å². The molecule has 2 aliphatic rings. The van der Waals surface area contributed by atoms with Gasteiger partial charge in [0.25, 0.3) is 0 Å². The molecule has 0 spiro atoms. The number of aliphatic hydroxyl groups is 3. The van der Waals surface area contributed by atoms with E-state index in [1.165, 1.54) is 18.2 Å². The fraction of sp³-hybridized carbons (Fsp3) is 0.556. The minimum atomic E-state index is -4.46. The number of aliphatic hydroxyl groups excluding tert-OH is 3. The second-order valence-corrected chi connectivity index (χ2v) is 6.70. The largest absolute Gasteiger partial charge is 0.491 e. The van der Waals surface area contributed by atoms with Crippen LogP contribution in [0, 0.1) is 11.8 Å². The molecule has 0 aromatic heterocycles. The van der Waals surface area contributed by atoms with Gasteiger partial charge in [0.2, 0.25) is 0 Å². The first-order valence-electron chi connectivity index (χ1n) is 8.42. The van der Waals surface area contributed by atoms with E-state index in [1.807, 2.05) is 0 Å². The highest BCUT2D eigenvalue weighted by Crippen LogP contribution is 2.43. The number of hydrogen-bond acceptors (Lipinski definition) is 5. The zero-order valence-electron chi connectivity index (χ0n) is 13.8. The van der Waals surface area contributed by atoms with Gasteiger partial charge in [-0.2, -0.15) is 13.2 Å². The molecule has 3 N–H and O–H groups in total. The van der Waals surface area contributed by atoms with Crippen molar-refractivity contribution >= 4 is 0 Å². The first kappa shape index (κ1) is 19.2. The van der Waals surface area contributed by atoms with Crippen LogP contribution in [0.25, 0.3) is 0 Å². The highest BCUT2D eigenvalue weighted by atomic mass is 19.4. The summed E-state index contributed by atoms with van der Waals surface area (Å²) in [6.45, 7) is -0.214. The number of alkyl halides is 3. The van der Waals surface area contributed by atoms with E-state index in [1.54, 1.807) is 6.08 Å². The Labute approximate surface area is 148 Å². The van der Waals surface area contributed by atoms with Gasteiger partial charge in [-0.25, -0.2) is 0 Å². The molecule has 1 saturated heterocycles. The van der Waals surface area contributed by atoms with Gasteiger partial charge in [0.15, 0.2) is 6.29 Å². The molecule has 0 bridgehead atoms. The van der Waals surface area contributed by atoms with E-state index in [-0.39, 0.29) is 30.3 Å². The van der Waals surface area contributed by atoms with Crippen LogP contribution in [0.2, 0.25) is 0 Å². The molecule has 0 radical (unpaired) electrons. The van der Waals surface area contributed by atoms with E-state index in [9.17, 15) is 28.5 Å². The normalized spacial score (nSPS) is 32.8. The third kappa shape index (κ3) is 4.37. The fourth-order valence-electron chi connectivity index (χ4n) is 3.59. The van der Waals surface area contributed by atoms with Crippen LogP contribution in [-0.4, -0.2) is 46.5 Å². The van der Waals surface area contributed by atoms with Crippen molar-refractivity contribution in [2.24, 2.45) is 11.8 Å². The zero-order valence-corrected chi connectivity index (χ0v) is 13.8. The van der Waals surface area contributed by atoms with E-state index in [0.717, 1.165) is 12.1 Å². The monoisotopic (exact) mass is 374 g/mol. The third-order valence-electron chi connectivity index (χ3n) is 4.83. The van der Waals surface area contributed by atoms with Gasteiger partial charge in [0.1, 0.15) is 18.5 Å². The van der Waals surface area contributed by atoms with Crippen molar-refractivity contribution in [3.63, 3.8) is 0 Å². The van der Waals surface area contributed by atoms with Crippen molar-refractivity contribution in [2.45, 2.75) is 43.6 Å². The Morgan fingerprint density at radius 1 is 1.27 bits per heavy atom. The number of rotatable bonds is 5.